The molecule has 0 saturated carbocycles. The van der Waals surface area contributed by atoms with Crippen LogP contribution in [0.5, 0.6) is 0 Å². The molecule has 0 spiro atoms. The summed E-state index contributed by atoms with van der Waals surface area (Å²) in [6, 6.07) is 3.28. The number of likely N-dealkylation sites (N-methyl/N-ethyl adjacent to an activating group) is 1. The molecule has 2 aromatic heterocycles. The standard InChI is InChI=1S/C15H22N6O3S/c1-12-17-14(18-24-12)11-20(3)15-5-4-13(10-16-15)25(22,23)21-8-6-19(2)7-9-21/h4-5,10H,6-9,11H2,1-3H3. The van der Waals surface area contributed by atoms with Gasteiger partial charge in [-0.2, -0.15) is 9.29 Å². The Morgan fingerprint density at radius 3 is 2.52 bits per heavy atom. The molecule has 0 aliphatic carbocycles. The second kappa shape index (κ2) is 7.06. The van der Waals surface area contributed by atoms with Crippen LogP contribution in [-0.4, -0.2) is 73.0 Å². The van der Waals surface area contributed by atoms with Crippen molar-refractivity contribution in [3.8, 4) is 0 Å². The van der Waals surface area contributed by atoms with Gasteiger partial charge in [0.15, 0.2) is 5.82 Å². The number of piperazine rings is 1. The van der Waals surface area contributed by atoms with Gasteiger partial charge in [-0.1, -0.05) is 5.16 Å². The summed E-state index contributed by atoms with van der Waals surface area (Å²) in [6.07, 6.45) is 1.40. The highest BCUT2D eigenvalue weighted by molar-refractivity contribution is 7.89. The summed E-state index contributed by atoms with van der Waals surface area (Å²) in [6.45, 7) is 4.62. The van der Waals surface area contributed by atoms with Gasteiger partial charge in [0.2, 0.25) is 15.9 Å². The van der Waals surface area contributed by atoms with Gasteiger partial charge < -0.3 is 14.3 Å². The molecule has 2 aromatic rings. The predicted molar refractivity (Wildman–Crippen MR) is 91.6 cm³/mol. The van der Waals surface area contributed by atoms with Crippen LogP contribution in [0.15, 0.2) is 27.7 Å². The lowest BCUT2D eigenvalue weighted by Gasteiger charge is -2.31. The molecule has 25 heavy (non-hydrogen) atoms. The van der Waals surface area contributed by atoms with Gasteiger partial charge >= 0.3 is 0 Å². The fourth-order valence-corrected chi connectivity index (χ4v) is 4.00. The molecule has 0 amide bonds. The molecule has 0 unspecified atom stereocenters. The van der Waals surface area contributed by atoms with Crippen LogP contribution in [0.25, 0.3) is 0 Å². The quantitative estimate of drug-likeness (QED) is 0.748. The van der Waals surface area contributed by atoms with Gasteiger partial charge in [0.25, 0.3) is 0 Å². The van der Waals surface area contributed by atoms with E-state index in [1.807, 2.05) is 19.0 Å². The Kier molecular flexibility index (Phi) is 5.02. The molecule has 3 rings (SSSR count). The summed E-state index contributed by atoms with van der Waals surface area (Å²) >= 11 is 0. The molecule has 0 bridgehead atoms. The molecule has 0 aromatic carbocycles. The van der Waals surface area contributed by atoms with Gasteiger partial charge in [-0.25, -0.2) is 13.4 Å². The Hall–Kier alpha value is -2.04. The second-order valence-corrected chi connectivity index (χ2v) is 8.08. The van der Waals surface area contributed by atoms with E-state index in [9.17, 15) is 8.42 Å². The van der Waals surface area contributed by atoms with Gasteiger partial charge in [0.1, 0.15) is 10.7 Å². The van der Waals surface area contributed by atoms with Crippen molar-refractivity contribution in [1.29, 1.82) is 0 Å². The maximum absolute atomic E-state index is 12.7. The van der Waals surface area contributed by atoms with E-state index in [0.29, 0.717) is 37.2 Å². The highest BCUT2D eigenvalue weighted by Crippen LogP contribution is 2.19. The summed E-state index contributed by atoms with van der Waals surface area (Å²) in [5, 5.41) is 3.84. The summed E-state index contributed by atoms with van der Waals surface area (Å²) < 4.78 is 31.8. The lowest BCUT2D eigenvalue weighted by atomic mass is 10.4. The zero-order chi connectivity index (χ0) is 18.0. The van der Waals surface area contributed by atoms with E-state index in [-0.39, 0.29) is 4.90 Å². The highest BCUT2D eigenvalue weighted by Gasteiger charge is 2.27. The van der Waals surface area contributed by atoms with E-state index in [2.05, 4.69) is 20.0 Å². The average Bonchev–Trinajstić information content (AvgIpc) is 3.00. The van der Waals surface area contributed by atoms with Crippen molar-refractivity contribution >= 4 is 15.8 Å². The fourth-order valence-electron chi connectivity index (χ4n) is 2.63. The Balaban J connectivity index is 1.70. The van der Waals surface area contributed by atoms with Gasteiger partial charge in [-0.15, -0.1) is 0 Å². The molecule has 0 radical (unpaired) electrons. The monoisotopic (exact) mass is 366 g/mol. The van der Waals surface area contributed by atoms with Crippen molar-refractivity contribution < 1.29 is 12.9 Å². The SMILES string of the molecule is Cc1nc(CN(C)c2ccc(S(=O)(=O)N3CCN(C)CC3)cn2)no1. The number of hydrogen-bond donors (Lipinski definition) is 0. The van der Waals surface area contributed by atoms with Crippen LogP contribution in [0.4, 0.5) is 5.82 Å². The van der Waals surface area contributed by atoms with Crippen molar-refractivity contribution in [2.45, 2.75) is 18.4 Å². The van der Waals surface area contributed by atoms with Crippen LogP contribution in [0, 0.1) is 6.92 Å². The minimum atomic E-state index is -3.50. The maximum atomic E-state index is 12.7. The molecular formula is C15H22N6O3S. The van der Waals surface area contributed by atoms with Gasteiger partial charge in [-0.3, -0.25) is 0 Å². The second-order valence-electron chi connectivity index (χ2n) is 6.15. The first kappa shape index (κ1) is 17.8. The van der Waals surface area contributed by atoms with E-state index in [1.165, 1.54) is 10.5 Å². The summed E-state index contributed by atoms with van der Waals surface area (Å²) in [7, 11) is 0.326. The van der Waals surface area contributed by atoms with E-state index in [1.54, 1.807) is 19.1 Å². The van der Waals surface area contributed by atoms with Crippen molar-refractivity contribution in [1.82, 2.24) is 24.3 Å². The topological polar surface area (TPSA) is 95.7 Å². The van der Waals surface area contributed by atoms with E-state index in [0.717, 1.165) is 13.1 Å². The Labute approximate surface area is 147 Å². The van der Waals surface area contributed by atoms with Gasteiger partial charge in [0.05, 0.1) is 6.54 Å². The Morgan fingerprint density at radius 2 is 1.96 bits per heavy atom. The first-order valence-corrected chi connectivity index (χ1v) is 9.45. The average molecular weight is 366 g/mol. The minimum absolute atomic E-state index is 0.213. The Bertz CT molecular complexity index is 812. The molecule has 9 nitrogen and oxygen atoms in total. The smallest absolute Gasteiger partial charge is 0.244 e. The minimum Gasteiger partial charge on any atom is -0.352 e. The van der Waals surface area contributed by atoms with Crippen LogP contribution in [0.1, 0.15) is 11.7 Å². The normalized spacial score (nSPS) is 16.9. The largest absolute Gasteiger partial charge is 0.352 e. The zero-order valence-corrected chi connectivity index (χ0v) is 15.4. The van der Waals surface area contributed by atoms with E-state index >= 15 is 0 Å². The molecule has 0 atom stereocenters. The number of hydrogen-bond acceptors (Lipinski definition) is 8. The third kappa shape index (κ3) is 3.97. The van der Waals surface area contributed by atoms with Crippen molar-refractivity contribution in [3.05, 3.63) is 30.0 Å². The number of aryl methyl sites for hydroxylation is 1. The molecule has 1 saturated heterocycles. The summed E-state index contributed by atoms with van der Waals surface area (Å²) in [4.78, 5) is 12.6. The highest BCUT2D eigenvalue weighted by atomic mass is 32.2. The predicted octanol–water partition coefficient (Wildman–Crippen LogP) is 0.346. The molecule has 1 aliphatic rings. The first-order chi connectivity index (χ1) is 11.9. The van der Waals surface area contributed by atoms with Crippen LogP contribution in [0.2, 0.25) is 0 Å². The number of nitrogens with zero attached hydrogens (tertiary/aromatic N) is 6. The van der Waals surface area contributed by atoms with E-state index in [4.69, 9.17) is 4.52 Å². The number of anilines is 1. The molecule has 136 valence electrons. The number of pyridine rings is 1. The van der Waals surface area contributed by atoms with Crippen LogP contribution in [-0.2, 0) is 16.6 Å². The molecule has 0 N–H and O–H groups in total. The number of rotatable bonds is 5. The molecule has 1 aliphatic heterocycles. The fraction of sp³-hybridized carbons (Fsp3) is 0.533. The number of aromatic nitrogens is 3. The lowest BCUT2D eigenvalue weighted by Crippen LogP contribution is -2.47. The summed E-state index contributed by atoms with van der Waals surface area (Å²) in [5.74, 6) is 1.70. The van der Waals surface area contributed by atoms with E-state index < -0.39 is 10.0 Å². The Morgan fingerprint density at radius 1 is 1.24 bits per heavy atom. The zero-order valence-electron chi connectivity index (χ0n) is 14.6. The third-order valence-electron chi connectivity index (χ3n) is 4.16. The number of sulfonamides is 1. The molecule has 10 heteroatoms. The van der Waals surface area contributed by atoms with Crippen molar-refractivity contribution in [2.24, 2.45) is 0 Å². The van der Waals surface area contributed by atoms with Crippen LogP contribution in [0.3, 0.4) is 0 Å². The lowest BCUT2D eigenvalue weighted by molar-refractivity contribution is 0.222. The van der Waals surface area contributed by atoms with Crippen molar-refractivity contribution in [3.63, 3.8) is 0 Å². The summed E-state index contributed by atoms with van der Waals surface area (Å²) in [5.41, 5.74) is 0. The maximum Gasteiger partial charge on any atom is 0.244 e. The van der Waals surface area contributed by atoms with Crippen LogP contribution < -0.4 is 4.90 Å². The van der Waals surface area contributed by atoms with Crippen LogP contribution >= 0.6 is 0 Å². The molecule has 1 fully saturated rings. The first-order valence-electron chi connectivity index (χ1n) is 8.01. The van der Waals surface area contributed by atoms with Gasteiger partial charge in [-0.05, 0) is 19.2 Å². The third-order valence-corrected chi connectivity index (χ3v) is 6.04. The molecule has 3 heterocycles. The molecular weight excluding hydrogens is 344 g/mol. The van der Waals surface area contributed by atoms with Gasteiger partial charge in [0, 0.05) is 46.3 Å². The van der Waals surface area contributed by atoms with Crippen molar-refractivity contribution in [2.75, 3.05) is 45.2 Å².